The van der Waals surface area contributed by atoms with Crippen molar-refractivity contribution in [1.82, 2.24) is 0 Å². The molecular formula is C14H11F4O8-. The Hall–Kier alpha value is -2.40. The minimum absolute atomic E-state index is 0.0984. The van der Waals surface area contributed by atoms with E-state index in [9.17, 15) is 41.8 Å². The summed E-state index contributed by atoms with van der Waals surface area (Å²) in [5.41, 5.74) is 0. The number of methoxy groups -OCH3 is 1. The number of esters is 3. The molecule has 26 heavy (non-hydrogen) atoms. The van der Waals surface area contributed by atoms with E-state index >= 15 is 0 Å². The Balaban J connectivity index is 1.85. The molecule has 0 aromatic carbocycles. The van der Waals surface area contributed by atoms with Crippen LogP contribution in [0.3, 0.4) is 0 Å². The summed E-state index contributed by atoms with van der Waals surface area (Å²) in [7, 11) is 1.03. The first-order valence-corrected chi connectivity index (χ1v) is 7.41. The molecule has 1 aliphatic heterocycles. The lowest BCUT2D eigenvalue weighted by Gasteiger charge is -2.32. The quantitative estimate of drug-likeness (QED) is 0.333. The van der Waals surface area contributed by atoms with Gasteiger partial charge >= 0.3 is 29.8 Å². The fourth-order valence-corrected chi connectivity index (χ4v) is 4.06. The van der Waals surface area contributed by atoms with E-state index in [2.05, 4.69) is 9.47 Å². The molecule has 6 atom stereocenters. The molecule has 8 nitrogen and oxygen atoms in total. The predicted octanol–water partition coefficient (Wildman–Crippen LogP) is -1.10. The number of ether oxygens (including phenoxy) is 3. The van der Waals surface area contributed by atoms with Crippen LogP contribution in [0.5, 0.6) is 0 Å². The van der Waals surface area contributed by atoms with Crippen molar-refractivity contribution in [1.29, 1.82) is 0 Å². The van der Waals surface area contributed by atoms with Gasteiger partial charge in [-0.2, -0.15) is 17.6 Å². The molecule has 3 rings (SSSR count). The highest BCUT2D eigenvalue weighted by molar-refractivity contribution is 5.89. The monoisotopic (exact) mass is 383 g/mol. The molecule has 6 unspecified atom stereocenters. The van der Waals surface area contributed by atoms with Crippen molar-refractivity contribution in [3.05, 3.63) is 0 Å². The number of halogens is 4. The van der Waals surface area contributed by atoms with Crippen molar-refractivity contribution >= 4 is 23.9 Å². The van der Waals surface area contributed by atoms with E-state index in [1.165, 1.54) is 0 Å². The Bertz CT molecular complexity index is 692. The second kappa shape index (κ2) is 5.55. The number of fused-ring (bicyclic) bond motifs is 1. The van der Waals surface area contributed by atoms with Crippen molar-refractivity contribution in [2.24, 2.45) is 23.7 Å². The number of carbonyl (C=O) groups is 4. The van der Waals surface area contributed by atoms with Crippen LogP contribution in [0, 0.1) is 23.7 Å². The van der Waals surface area contributed by atoms with Crippen LogP contribution in [-0.4, -0.2) is 55.0 Å². The summed E-state index contributed by atoms with van der Waals surface area (Å²) in [6.07, 6.45) is -2.67. The van der Waals surface area contributed by atoms with Gasteiger partial charge in [0.2, 0.25) is 0 Å². The molecule has 2 aliphatic carbocycles. The number of alkyl halides is 4. The molecule has 144 valence electrons. The van der Waals surface area contributed by atoms with Crippen LogP contribution in [-0.2, 0) is 33.4 Å². The fourth-order valence-electron chi connectivity index (χ4n) is 4.06. The standard InChI is InChI=1S/C14H12F4O8/c1-24-9(19)5-3-2-4-6(5)10(20)25-7(4)8(3)26-12(23)14(17,18)13(15,16)11(21)22/h3-8H,2H2,1H3,(H,21,22)/p-1. The van der Waals surface area contributed by atoms with Crippen molar-refractivity contribution in [3.8, 4) is 0 Å². The zero-order chi connectivity index (χ0) is 19.6. The Labute approximate surface area is 142 Å². The average molecular weight is 383 g/mol. The predicted molar refractivity (Wildman–Crippen MR) is 65.3 cm³/mol. The first-order valence-electron chi connectivity index (χ1n) is 7.41. The number of carboxylic acids is 1. The van der Waals surface area contributed by atoms with Crippen molar-refractivity contribution in [3.63, 3.8) is 0 Å². The topological polar surface area (TPSA) is 119 Å². The third-order valence-corrected chi connectivity index (χ3v) is 5.17. The molecule has 1 saturated heterocycles. The van der Waals surface area contributed by atoms with Gasteiger partial charge in [0, 0.05) is 11.8 Å². The van der Waals surface area contributed by atoms with Crippen LogP contribution in [0.4, 0.5) is 17.6 Å². The van der Waals surface area contributed by atoms with Crippen LogP contribution < -0.4 is 5.11 Å². The summed E-state index contributed by atoms with van der Waals surface area (Å²) in [6, 6.07) is 0. The molecule has 2 bridgehead atoms. The highest BCUT2D eigenvalue weighted by atomic mass is 19.3. The Morgan fingerprint density at radius 1 is 1.15 bits per heavy atom. The number of hydrogen-bond acceptors (Lipinski definition) is 8. The number of carbonyl (C=O) groups excluding carboxylic acids is 4. The van der Waals surface area contributed by atoms with Gasteiger partial charge in [0.25, 0.3) is 0 Å². The first kappa shape index (κ1) is 18.4. The van der Waals surface area contributed by atoms with Gasteiger partial charge in [0.05, 0.1) is 18.9 Å². The summed E-state index contributed by atoms with van der Waals surface area (Å²) < 4.78 is 67.1. The third kappa shape index (κ3) is 2.20. The zero-order valence-electron chi connectivity index (χ0n) is 12.9. The van der Waals surface area contributed by atoms with Crippen LogP contribution in [0.15, 0.2) is 0 Å². The van der Waals surface area contributed by atoms with E-state index in [0.29, 0.717) is 0 Å². The summed E-state index contributed by atoms with van der Waals surface area (Å²) in [6.45, 7) is 0. The van der Waals surface area contributed by atoms with Gasteiger partial charge in [-0.3, -0.25) is 9.59 Å². The van der Waals surface area contributed by atoms with E-state index in [4.69, 9.17) is 4.74 Å². The molecule has 0 spiro atoms. The lowest BCUT2D eigenvalue weighted by atomic mass is 9.78. The molecule has 3 fully saturated rings. The maximum Gasteiger partial charge on any atom is 0.410 e. The van der Waals surface area contributed by atoms with E-state index in [1.807, 2.05) is 0 Å². The van der Waals surface area contributed by atoms with Crippen LogP contribution in [0.1, 0.15) is 6.42 Å². The molecule has 0 amide bonds. The van der Waals surface area contributed by atoms with E-state index in [1.54, 1.807) is 0 Å². The smallest absolute Gasteiger partial charge is 0.410 e. The minimum Gasteiger partial charge on any atom is -0.544 e. The molecule has 1 heterocycles. The molecule has 0 aromatic heterocycles. The lowest BCUT2D eigenvalue weighted by Crippen LogP contribution is -2.59. The fraction of sp³-hybridized carbons (Fsp3) is 0.714. The lowest BCUT2D eigenvalue weighted by molar-refractivity contribution is -0.347. The maximum absolute atomic E-state index is 13.5. The van der Waals surface area contributed by atoms with Crippen molar-refractivity contribution in [2.75, 3.05) is 7.11 Å². The summed E-state index contributed by atoms with van der Waals surface area (Å²) in [5.74, 6) is -23.0. The molecular weight excluding hydrogens is 372 g/mol. The number of aliphatic carboxylic acids is 1. The molecule has 0 aromatic rings. The Morgan fingerprint density at radius 2 is 1.77 bits per heavy atom. The maximum atomic E-state index is 13.5. The van der Waals surface area contributed by atoms with Gasteiger partial charge < -0.3 is 24.1 Å². The summed E-state index contributed by atoms with van der Waals surface area (Å²) >= 11 is 0. The summed E-state index contributed by atoms with van der Waals surface area (Å²) in [5, 5.41) is 10.2. The van der Waals surface area contributed by atoms with Gasteiger partial charge in [0.15, 0.2) is 0 Å². The van der Waals surface area contributed by atoms with Crippen molar-refractivity contribution < 1.29 is 56.1 Å². The second-order valence-electron chi connectivity index (χ2n) is 6.35. The molecule has 3 aliphatic rings. The van der Waals surface area contributed by atoms with Gasteiger partial charge in [0.1, 0.15) is 18.2 Å². The molecule has 0 radical (unpaired) electrons. The van der Waals surface area contributed by atoms with Crippen LogP contribution in [0.2, 0.25) is 0 Å². The third-order valence-electron chi connectivity index (χ3n) is 5.17. The second-order valence-corrected chi connectivity index (χ2v) is 6.35. The zero-order valence-corrected chi connectivity index (χ0v) is 12.9. The minimum atomic E-state index is -5.81. The van der Waals surface area contributed by atoms with E-state index < -0.39 is 71.6 Å². The van der Waals surface area contributed by atoms with E-state index in [0.717, 1.165) is 7.11 Å². The molecule has 2 saturated carbocycles. The van der Waals surface area contributed by atoms with Crippen LogP contribution >= 0.6 is 0 Å². The molecule has 0 N–H and O–H groups in total. The number of hydrogen-bond donors (Lipinski definition) is 0. The number of carboxylic acid groups (broad SMARTS) is 1. The Morgan fingerprint density at radius 3 is 2.31 bits per heavy atom. The average Bonchev–Trinajstić information content (AvgIpc) is 3.16. The van der Waals surface area contributed by atoms with Crippen LogP contribution in [0.25, 0.3) is 0 Å². The van der Waals surface area contributed by atoms with Gasteiger partial charge in [-0.25, -0.2) is 4.79 Å². The molecule has 12 heteroatoms. The summed E-state index contributed by atoms with van der Waals surface area (Å²) in [4.78, 5) is 45.5. The van der Waals surface area contributed by atoms with E-state index in [-0.39, 0.29) is 6.42 Å². The van der Waals surface area contributed by atoms with Gasteiger partial charge in [-0.1, -0.05) is 0 Å². The first-order chi connectivity index (χ1) is 11.9. The SMILES string of the molecule is COC(=O)C1C2CC3C(OC(=O)C31)C2OC(=O)C(F)(F)C(F)(F)C(=O)[O-]. The highest BCUT2D eigenvalue weighted by Gasteiger charge is 2.72. The Kier molecular flexibility index (Phi) is 3.92. The van der Waals surface area contributed by atoms with Crippen molar-refractivity contribution in [2.45, 2.75) is 30.5 Å². The van der Waals surface area contributed by atoms with Gasteiger partial charge in [-0.05, 0) is 6.42 Å². The largest absolute Gasteiger partial charge is 0.544 e. The highest BCUT2D eigenvalue weighted by Crippen LogP contribution is 2.59. The van der Waals surface area contributed by atoms with Gasteiger partial charge in [-0.15, -0.1) is 0 Å². The normalized spacial score (nSPS) is 35.2. The number of rotatable bonds is 5.